The predicted octanol–water partition coefficient (Wildman–Crippen LogP) is 0.102. The van der Waals surface area contributed by atoms with Crippen LogP contribution in [0.4, 0.5) is 0 Å². The van der Waals surface area contributed by atoms with E-state index in [9.17, 15) is 9.59 Å². The second-order valence-electron chi connectivity index (χ2n) is 4.39. The molecule has 0 spiro atoms. The van der Waals surface area contributed by atoms with Crippen molar-refractivity contribution in [2.45, 2.75) is 32.7 Å². The molecule has 0 aromatic carbocycles. The van der Waals surface area contributed by atoms with Crippen molar-refractivity contribution < 1.29 is 9.59 Å². The van der Waals surface area contributed by atoms with Crippen LogP contribution in [0.2, 0.25) is 0 Å². The van der Waals surface area contributed by atoms with Crippen LogP contribution in [-0.4, -0.2) is 27.6 Å². The highest BCUT2D eigenvalue weighted by molar-refractivity contribution is 5.95. The topological polar surface area (TPSA) is 101 Å². The van der Waals surface area contributed by atoms with Crippen LogP contribution in [0.5, 0.6) is 0 Å². The molecule has 0 aliphatic heterocycles. The van der Waals surface area contributed by atoms with E-state index in [0.29, 0.717) is 11.3 Å². The van der Waals surface area contributed by atoms with Crippen LogP contribution in [0.25, 0.3) is 0 Å². The second-order valence-corrected chi connectivity index (χ2v) is 4.39. The van der Waals surface area contributed by atoms with Gasteiger partial charge in [0.05, 0.1) is 11.8 Å². The number of nitrogens with two attached hydrogens (primary N) is 1. The first-order valence-electron chi connectivity index (χ1n) is 4.92. The van der Waals surface area contributed by atoms with Gasteiger partial charge in [0.1, 0.15) is 0 Å². The average molecular weight is 224 g/mol. The summed E-state index contributed by atoms with van der Waals surface area (Å²) in [6, 6.07) is 0. The number of hydrogen-bond acceptors (Lipinski definition) is 3. The molecule has 16 heavy (non-hydrogen) atoms. The Morgan fingerprint density at radius 1 is 1.56 bits per heavy atom. The van der Waals surface area contributed by atoms with E-state index in [4.69, 9.17) is 5.73 Å². The van der Waals surface area contributed by atoms with Gasteiger partial charge in [-0.1, -0.05) is 0 Å². The maximum absolute atomic E-state index is 11.8. The minimum absolute atomic E-state index is 0.0929. The Labute approximate surface area is 93.6 Å². The van der Waals surface area contributed by atoms with Gasteiger partial charge in [0.25, 0.3) is 5.91 Å². The van der Waals surface area contributed by atoms with Crippen LogP contribution in [-0.2, 0) is 4.79 Å². The quantitative estimate of drug-likeness (QED) is 0.676. The third kappa shape index (κ3) is 3.08. The Bertz CT molecular complexity index is 409. The fraction of sp³-hybridized carbons (Fsp3) is 0.500. The molecule has 6 nitrogen and oxygen atoms in total. The molecule has 6 heteroatoms. The Balaban J connectivity index is 2.71. The molecule has 1 aromatic rings. The van der Waals surface area contributed by atoms with Crippen molar-refractivity contribution in [1.29, 1.82) is 0 Å². The van der Waals surface area contributed by atoms with E-state index >= 15 is 0 Å². The zero-order valence-corrected chi connectivity index (χ0v) is 9.63. The lowest BCUT2D eigenvalue weighted by atomic mass is 10.00. The Hall–Kier alpha value is -1.85. The normalized spacial score (nSPS) is 11.2. The highest BCUT2D eigenvalue weighted by atomic mass is 16.2. The number of hydrogen-bond donors (Lipinski definition) is 3. The zero-order chi connectivity index (χ0) is 12.3. The summed E-state index contributed by atoms with van der Waals surface area (Å²) in [4.78, 5) is 22.6. The number of aromatic nitrogens is 2. The van der Waals surface area contributed by atoms with E-state index in [1.54, 1.807) is 20.8 Å². The number of aromatic amines is 1. The lowest BCUT2D eigenvalue weighted by molar-refractivity contribution is -0.119. The predicted molar refractivity (Wildman–Crippen MR) is 58.7 cm³/mol. The molecule has 1 heterocycles. The lowest BCUT2D eigenvalue weighted by Gasteiger charge is -2.24. The number of carbonyl (C=O) groups is 2. The van der Waals surface area contributed by atoms with Gasteiger partial charge >= 0.3 is 0 Å². The number of amides is 2. The molecule has 0 unspecified atom stereocenters. The lowest BCUT2D eigenvalue weighted by Crippen LogP contribution is -2.46. The summed E-state index contributed by atoms with van der Waals surface area (Å²) in [6.45, 7) is 5.24. The summed E-state index contributed by atoms with van der Waals surface area (Å²) < 4.78 is 0. The maximum atomic E-state index is 11.8. The van der Waals surface area contributed by atoms with Crippen LogP contribution in [0.3, 0.4) is 0 Å². The van der Waals surface area contributed by atoms with E-state index in [1.807, 2.05) is 0 Å². The van der Waals surface area contributed by atoms with Crippen molar-refractivity contribution in [2.75, 3.05) is 0 Å². The fourth-order valence-corrected chi connectivity index (χ4v) is 1.43. The van der Waals surface area contributed by atoms with Gasteiger partial charge in [-0.25, -0.2) is 0 Å². The summed E-state index contributed by atoms with van der Waals surface area (Å²) in [5, 5.41) is 9.16. The number of nitrogens with one attached hydrogen (secondary N) is 2. The largest absolute Gasteiger partial charge is 0.370 e. The van der Waals surface area contributed by atoms with E-state index in [0.717, 1.165) is 0 Å². The van der Waals surface area contributed by atoms with Crippen molar-refractivity contribution in [3.63, 3.8) is 0 Å². The average Bonchev–Trinajstić information content (AvgIpc) is 2.47. The molecule has 0 aliphatic rings. The first-order chi connectivity index (χ1) is 7.32. The van der Waals surface area contributed by atoms with Crippen molar-refractivity contribution in [1.82, 2.24) is 15.5 Å². The Kier molecular flexibility index (Phi) is 3.31. The van der Waals surface area contributed by atoms with Gasteiger partial charge in [-0.15, -0.1) is 0 Å². The van der Waals surface area contributed by atoms with Gasteiger partial charge in [-0.2, -0.15) is 5.10 Å². The number of aryl methyl sites for hydroxylation is 1. The van der Waals surface area contributed by atoms with E-state index in [-0.39, 0.29) is 12.3 Å². The van der Waals surface area contributed by atoms with Crippen molar-refractivity contribution >= 4 is 11.8 Å². The van der Waals surface area contributed by atoms with Crippen LogP contribution < -0.4 is 11.1 Å². The smallest absolute Gasteiger partial charge is 0.255 e. The molecule has 0 radical (unpaired) electrons. The van der Waals surface area contributed by atoms with Gasteiger partial charge < -0.3 is 11.1 Å². The first kappa shape index (κ1) is 12.2. The van der Waals surface area contributed by atoms with Gasteiger partial charge in [0.2, 0.25) is 5.91 Å². The number of H-pyrrole nitrogens is 1. The molecule has 4 N–H and O–H groups in total. The number of rotatable bonds is 4. The standard InChI is InChI=1S/C10H16N4O2/c1-6-7(5-12-14-6)9(16)13-10(2,3)4-8(11)15/h5H,4H2,1-3H3,(H2,11,15)(H,12,14)(H,13,16). The molecule has 1 rings (SSSR count). The molecular formula is C10H16N4O2. The third-order valence-corrected chi connectivity index (χ3v) is 2.14. The number of nitrogens with zero attached hydrogens (tertiary/aromatic N) is 1. The molecule has 0 aliphatic carbocycles. The molecule has 0 saturated carbocycles. The van der Waals surface area contributed by atoms with Gasteiger partial charge in [0, 0.05) is 17.7 Å². The van der Waals surface area contributed by atoms with Crippen molar-refractivity contribution in [3.8, 4) is 0 Å². The van der Waals surface area contributed by atoms with Crippen LogP contribution in [0, 0.1) is 6.92 Å². The summed E-state index contributed by atoms with van der Waals surface area (Å²) in [5.41, 5.74) is 5.59. The van der Waals surface area contributed by atoms with Crippen LogP contribution >= 0.6 is 0 Å². The SMILES string of the molecule is Cc1[nH]ncc1C(=O)NC(C)(C)CC(N)=O. The molecule has 2 amide bonds. The van der Waals surface area contributed by atoms with Gasteiger partial charge in [0.15, 0.2) is 0 Å². The third-order valence-electron chi connectivity index (χ3n) is 2.14. The summed E-state index contributed by atoms with van der Waals surface area (Å²) in [6.07, 6.45) is 1.54. The summed E-state index contributed by atoms with van der Waals surface area (Å²) >= 11 is 0. The van der Waals surface area contributed by atoms with E-state index in [1.165, 1.54) is 6.20 Å². The summed E-state index contributed by atoms with van der Waals surface area (Å²) in [5.74, 6) is -0.716. The van der Waals surface area contributed by atoms with E-state index in [2.05, 4.69) is 15.5 Å². The first-order valence-corrected chi connectivity index (χ1v) is 4.92. The zero-order valence-electron chi connectivity index (χ0n) is 9.63. The molecule has 88 valence electrons. The minimum atomic E-state index is -0.660. The number of carbonyl (C=O) groups excluding carboxylic acids is 2. The Morgan fingerprint density at radius 3 is 2.62 bits per heavy atom. The van der Waals surface area contributed by atoms with Gasteiger partial charge in [-0.3, -0.25) is 14.7 Å². The van der Waals surface area contributed by atoms with E-state index < -0.39 is 11.4 Å². The molecular weight excluding hydrogens is 208 g/mol. The van der Waals surface area contributed by atoms with Crippen molar-refractivity contribution in [3.05, 3.63) is 17.5 Å². The monoisotopic (exact) mass is 224 g/mol. The van der Waals surface area contributed by atoms with Crippen LogP contribution in [0.1, 0.15) is 36.3 Å². The summed E-state index contributed by atoms with van der Waals surface area (Å²) in [7, 11) is 0. The Morgan fingerprint density at radius 2 is 2.19 bits per heavy atom. The number of primary amides is 1. The second kappa shape index (κ2) is 4.34. The van der Waals surface area contributed by atoms with Crippen molar-refractivity contribution in [2.24, 2.45) is 5.73 Å². The molecule has 1 aromatic heterocycles. The highest BCUT2D eigenvalue weighted by Crippen LogP contribution is 2.10. The van der Waals surface area contributed by atoms with Gasteiger partial charge in [-0.05, 0) is 20.8 Å². The fourth-order valence-electron chi connectivity index (χ4n) is 1.43. The molecule has 0 bridgehead atoms. The molecule has 0 fully saturated rings. The maximum Gasteiger partial charge on any atom is 0.255 e. The molecule has 0 saturated heterocycles. The minimum Gasteiger partial charge on any atom is -0.370 e. The van der Waals surface area contributed by atoms with Crippen LogP contribution in [0.15, 0.2) is 6.20 Å². The molecule has 0 atom stereocenters. The highest BCUT2D eigenvalue weighted by Gasteiger charge is 2.24.